The lowest BCUT2D eigenvalue weighted by molar-refractivity contribution is -0.0295. The number of nitrogens with zero attached hydrogens (tertiary/aromatic N) is 1. The zero-order chi connectivity index (χ0) is 19.0. The third kappa shape index (κ3) is 5.81. The molecule has 1 aliphatic heterocycles. The van der Waals surface area contributed by atoms with E-state index < -0.39 is 5.60 Å². The molecule has 1 aliphatic rings. The van der Waals surface area contributed by atoms with Crippen LogP contribution in [0.15, 0.2) is 60.7 Å². The minimum Gasteiger partial charge on any atom is -1.00 e. The number of benzene rings is 2. The number of unbranched alkanes of at least 4 members (excludes halogenated alkanes) is 2. The van der Waals surface area contributed by atoms with E-state index >= 15 is 0 Å². The summed E-state index contributed by atoms with van der Waals surface area (Å²) >= 11 is 0. The van der Waals surface area contributed by atoms with Crippen LogP contribution in [0.4, 0.5) is 0 Å². The van der Waals surface area contributed by atoms with Crippen LogP contribution >= 0.6 is 0 Å². The molecule has 154 valence electrons. The maximum absolute atomic E-state index is 12.1. The molecule has 1 saturated heterocycles. The fraction of sp³-hybridized carbons (Fsp3) is 0.500. The van der Waals surface area contributed by atoms with Crippen LogP contribution in [-0.4, -0.2) is 42.9 Å². The van der Waals surface area contributed by atoms with E-state index in [4.69, 9.17) is 4.74 Å². The fourth-order valence-corrected chi connectivity index (χ4v) is 4.15. The SMILES string of the molecule is CCCCCC(O)(c1ccccc1)C(CN1CCOCC1)c1ccccc1.[Cl-]. The molecule has 28 heavy (non-hydrogen) atoms. The largest absolute Gasteiger partial charge is 1.00 e. The van der Waals surface area contributed by atoms with Crippen molar-refractivity contribution in [1.29, 1.82) is 0 Å². The first kappa shape index (κ1) is 22.9. The first-order valence-electron chi connectivity index (χ1n) is 10.4. The molecule has 0 aliphatic carbocycles. The second-order valence-electron chi connectivity index (χ2n) is 7.62. The molecule has 0 aromatic heterocycles. The predicted molar refractivity (Wildman–Crippen MR) is 111 cm³/mol. The number of hydrogen-bond acceptors (Lipinski definition) is 3. The van der Waals surface area contributed by atoms with Gasteiger partial charge in [0.25, 0.3) is 0 Å². The number of hydrogen-bond donors (Lipinski definition) is 1. The number of rotatable bonds is 9. The monoisotopic (exact) mass is 402 g/mol. The number of halogens is 1. The Balaban J connectivity index is 0.00000280. The Bertz CT molecular complexity index is 661. The van der Waals surface area contributed by atoms with Crippen LogP contribution in [-0.2, 0) is 10.3 Å². The lowest BCUT2D eigenvalue weighted by Crippen LogP contribution is -3.00. The standard InChI is InChI=1S/C24H33NO2.ClH/c1-2-3-10-15-24(26,22-13-8-5-9-14-22)23(21-11-6-4-7-12-21)20-25-16-18-27-19-17-25;/h4-9,11-14,23,26H,2-3,10,15-20H2,1H3;1H/p-1. The Morgan fingerprint density at radius 3 is 2.18 bits per heavy atom. The summed E-state index contributed by atoms with van der Waals surface area (Å²) in [5.74, 6) is 0.0380. The lowest BCUT2D eigenvalue weighted by atomic mass is 9.74. The normalized spacial score (nSPS) is 18.1. The van der Waals surface area contributed by atoms with Crippen molar-refractivity contribution >= 4 is 0 Å². The van der Waals surface area contributed by atoms with Crippen LogP contribution in [0.2, 0.25) is 0 Å². The molecule has 2 aromatic rings. The van der Waals surface area contributed by atoms with Gasteiger partial charge < -0.3 is 22.3 Å². The second kappa shape index (κ2) is 11.6. The molecule has 3 rings (SSSR count). The Hall–Kier alpha value is -1.39. The summed E-state index contributed by atoms with van der Waals surface area (Å²) in [6, 6.07) is 20.8. The molecule has 1 fully saturated rings. The highest BCUT2D eigenvalue weighted by molar-refractivity contribution is 5.31. The molecule has 1 N–H and O–H groups in total. The van der Waals surface area contributed by atoms with Gasteiger partial charge >= 0.3 is 0 Å². The average Bonchev–Trinajstić information content (AvgIpc) is 2.74. The molecule has 4 heteroatoms. The van der Waals surface area contributed by atoms with Crippen molar-refractivity contribution in [3.8, 4) is 0 Å². The highest BCUT2D eigenvalue weighted by Crippen LogP contribution is 2.41. The molecule has 0 bridgehead atoms. The smallest absolute Gasteiger partial charge is 0.0977 e. The molecule has 2 atom stereocenters. The van der Waals surface area contributed by atoms with Gasteiger partial charge in [-0.2, -0.15) is 0 Å². The van der Waals surface area contributed by atoms with Crippen molar-refractivity contribution in [3.63, 3.8) is 0 Å². The van der Waals surface area contributed by atoms with E-state index in [-0.39, 0.29) is 18.3 Å². The van der Waals surface area contributed by atoms with Gasteiger partial charge in [0.05, 0.1) is 18.8 Å². The highest BCUT2D eigenvalue weighted by atomic mass is 35.5. The Labute approximate surface area is 176 Å². The summed E-state index contributed by atoms with van der Waals surface area (Å²) in [6.45, 7) is 6.49. The van der Waals surface area contributed by atoms with Crippen LogP contribution in [0.3, 0.4) is 0 Å². The molecular formula is C24H33ClNO2-. The Kier molecular flexibility index (Phi) is 9.46. The summed E-state index contributed by atoms with van der Waals surface area (Å²) < 4.78 is 5.53. The van der Waals surface area contributed by atoms with Gasteiger partial charge in [0.2, 0.25) is 0 Å². The zero-order valence-corrected chi connectivity index (χ0v) is 17.7. The molecular weight excluding hydrogens is 370 g/mol. The van der Waals surface area contributed by atoms with Gasteiger partial charge in [0, 0.05) is 25.6 Å². The summed E-state index contributed by atoms with van der Waals surface area (Å²) in [7, 11) is 0. The van der Waals surface area contributed by atoms with E-state index in [2.05, 4.69) is 48.2 Å². The Morgan fingerprint density at radius 1 is 0.964 bits per heavy atom. The van der Waals surface area contributed by atoms with Gasteiger partial charge in [-0.05, 0) is 17.5 Å². The lowest BCUT2D eigenvalue weighted by Gasteiger charge is -2.41. The first-order valence-corrected chi connectivity index (χ1v) is 10.4. The van der Waals surface area contributed by atoms with Gasteiger partial charge in [-0.3, -0.25) is 4.90 Å². The van der Waals surface area contributed by atoms with Crippen LogP contribution in [0.5, 0.6) is 0 Å². The molecule has 0 amide bonds. The third-order valence-electron chi connectivity index (χ3n) is 5.76. The topological polar surface area (TPSA) is 32.7 Å². The van der Waals surface area contributed by atoms with Crippen LogP contribution < -0.4 is 12.4 Å². The van der Waals surface area contributed by atoms with Crippen molar-refractivity contribution in [3.05, 3.63) is 71.8 Å². The van der Waals surface area contributed by atoms with E-state index in [0.717, 1.165) is 64.1 Å². The molecule has 0 spiro atoms. The van der Waals surface area contributed by atoms with Gasteiger partial charge in [0.15, 0.2) is 0 Å². The summed E-state index contributed by atoms with van der Waals surface area (Å²) in [4.78, 5) is 2.44. The van der Waals surface area contributed by atoms with Gasteiger partial charge in [-0.15, -0.1) is 0 Å². The minimum absolute atomic E-state index is 0. The number of aliphatic hydroxyl groups is 1. The summed E-state index contributed by atoms with van der Waals surface area (Å²) in [5, 5.41) is 12.1. The van der Waals surface area contributed by atoms with Crippen molar-refractivity contribution < 1.29 is 22.3 Å². The highest BCUT2D eigenvalue weighted by Gasteiger charge is 2.39. The van der Waals surface area contributed by atoms with Crippen molar-refractivity contribution in [2.75, 3.05) is 32.8 Å². The predicted octanol–water partition coefficient (Wildman–Crippen LogP) is 1.57. The van der Waals surface area contributed by atoms with Gasteiger partial charge in [-0.25, -0.2) is 0 Å². The third-order valence-corrected chi connectivity index (χ3v) is 5.76. The first-order chi connectivity index (χ1) is 13.2. The van der Waals surface area contributed by atoms with Crippen LogP contribution in [0, 0.1) is 0 Å². The quantitative estimate of drug-likeness (QED) is 0.646. The molecule has 0 saturated carbocycles. The average molecular weight is 403 g/mol. The number of ether oxygens (including phenoxy) is 1. The summed E-state index contributed by atoms with van der Waals surface area (Å²) in [6.07, 6.45) is 4.13. The van der Waals surface area contributed by atoms with Gasteiger partial charge in [0.1, 0.15) is 0 Å². The molecule has 0 radical (unpaired) electrons. The minimum atomic E-state index is -0.865. The Morgan fingerprint density at radius 2 is 1.57 bits per heavy atom. The molecule has 2 unspecified atom stereocenters. The van der Waals surface area contributed by atoms with E-state index in [1.54, 1.807) is 0 Å². The van der Waals surface area contributed by atoms with Crippen molar-refractivity contribution in [2.45, 2.75) is 44.1 Å². The molecule has 2 aromatic carbocycles. The number of morpholine rings is 1. The van der Waals surface area contributed by atoms with Gasteiger partial charge in [-0.1, -0.05) is 86.8 Å². The maximum Gasteiger partial charge on any atom is 0.0977 e. The van der Waals surface area contributed by atoms with Crippen LogP contribution in [0.1, 0.15) is 49.7 Å². The van der Waals surface area contributed by atoms with Crippen LogP contribution in [0.25, 0.3) is 0 Å². The second-order valence-corrected chi connectivity index (χ2v) is 7.62. The molecule has 3 nitrogen and oxygen atoms in total. The van der Waals surface area contributed by atoms with E-state index in [9.17, 15) is 5.11 Å². The van der Waals surface area contributed by atoms with E-state index in [1.807, 2.05) is 24.3 Å². The maximum atomic E-state index is 12.1. The summed E-state index contributed by atoms with van der Waals surface area (Å²) in [5.41, 5.74) is 1.38. The molecule has 1 heterocycles. The fourth-order valence-electron chi connectivity index (χ4n) is 4.15. The van der Waals surface area contributed by atoms with Crippen molar-refractivity contribution in [2.24, 2.45) is 0 Å². The van der Waals surface area contributed by atoms with E-state index in [0.29, 0.717) is 0 Å². The zero-order valence-electron chi connectivity index (χ0n) is 16.9. The van der Waals surface area contributed by atoms with Crippen molar-refractivity contribution in [1.82, 2.24) is 4.90 Å². The van der Waals surface area contributed by atoms with E-state index in [1.165, 1.54) is 5.56 Å².